The molecule has 0 saturated carbocycles. The van der Waals surface area contributed by atoms with Crippen LogP contribution < -0.4 is 10.6 Å². The van der Waals surface area contributed by atoms with Crippen LogP contribution in [0.2, 0.25) is 0 Å². The summed E-state index contributed by atoms with van der Waals surface area (Å²) in [5.41, 5.74) is 5.45. The second kappa shape index (κ2) is 6.10. The highest BCUT2D eigenvalue weighted by Gasteiger charge is 2.11. The first-order valence-corrected chi connectivity index (χ1v) is 7.49. The molecule has 2 aromatic carbocycles. The summed E-state index contributed by atoms with van der Waals surface area (Å²) in [6.45, 7) is 4.02. The number of carbonyl (C=O) groups is 1. The van der Waals surface area contributed by atoms with Gasteiger partial charge in [0.2, 0.25) is 0 Å². The van der Waals surface area contributed by atoms with Gasteiger partial charge >= 0.3 is 0 Å². The van der Waals surface area contributed by atoms with E-state index in [9.17, 15) is 4.79 Å². The smallest absolute Gasteiger partial charge is 0.255 e. The van der Waals surface area contributed by atoms with Crippen molar-refractivity contribution in [2.45, 2.75) is 26.3 Å². The third-order valence-corrected chi connectivity index (χ3v) is 3.98. The van der Waals surface area contributed by atoms with Crippen molar-refractivity contribution in [1.29, 1.82) is 0 Å². The van der Waals surface area contributed by atoms with Crippen molar-refractivity contribution in [3.8, 4) is 0 Å². The van der Waals surface area contributed by atoms with Crippen molar-refractivity contribution in [1.82, 2.24) is 5.32 Å². The Morgan fingerprint density at radius 2 is 1.95 bits per heavy atom. The van der Waals surface area contributed by atoms with Crippen LogP contribution in [0.15, 0.2) is 42.5 Å². The number of nitrogens with one attached hydrogen (secondary N) is 2. The van der Waals surface area contributed by atoms with Crippen LogP contribution in [0.5, 0.6) is 0 Å². The van der Waals surface area contributed by atoms with Crippen molar-refractivity contribution < 1.29 is 4.79 Å². The highest BCUT2D eigenvalue weighted by atomic mass is 16.1. The monoisotopic (exact) mass is 280 g/mol. The summed E-state index contributed by atoms with van der Waals surface area (Å²) in [6, 6.07) is 14.0. The van der Waals surface area contributed by atoms with Gasteiger partial charge in [0.1, 0.15) is 0 Å². The van der Waals surface area contributed by atoms with Crippen LogP contribution in [0.25, 0.3) is 0 Å². The molecule has 0 aromatic heterocycles. The summed E-state index contributed by atoms with van der Waals surface area (Å²) in [7, 11) is 0. The number of benzene rings is 2. The Labute approximate surface area is 125 Å². The number of anilines is 1. The number of carbonyl (C=O) groups excluding carboxylic acids is 1. The normalized spacial score (nSPS) is 13.6. The van der Waals surface area contributed by atoms with E-state index in [0.29, 0.717) is 5.56 Å². The van der Waals surface area contributed by atoms with E-state index in [0.717, 1.165) is 31.6 Å². The summed E-state index contributed by atoms with van der Waals surface area (Å²) in [5, 5.41) is 6.33. The molecule has 21 heavy (non-hydrogen) atoms. The van der Waals surface area contributed by atoms with E-state index < -0.39 is 0 Å². The number of hydrogen-bond acceptors (Lipinski definition) is 2. The summed E-state index contributed by atoms with van der Waals surface area (Å²) in [6.07, 6.45) is 2.04. The van der Waals surface area contributed by atoms with Crippen LogP contribution in [0, 0.1) is 0 Å². The van der Waals surface area contributed by atoms with Gasteiger partial charge in [-0.05, 0) is 60.3 Å². The molecule has 0 fully saturated rings. The van der Waals surface area contributed by atoms with Crippen LogP contribution in [0.3, 0.4) is 0 Å². The fourth-order valence-corrected chi connectivity index (χ4v) is 2.65. The molecule has 1 aliphatic rings. The van der Waals surface area contributed by atoms with E-state index in [-0.39, 0.29) is 5.91 Å². The first-order chi connectivity index (χ1) is 10.3. The summed E-state index contributed by atoms with van der Waals surface area (Å²) < 4.78 is 0. The predicted octanol–water partition coefficient (Wildman–Crippen LogP) is 3.15. The minimum absolute atomic E-state index is 0.0543. The molecule has 3 rings (SSSR count). The quantitative estimate of drug-likeness (QED) is 0.907. The zero-order chi connectivity index (χ0) is 14.7. The molecular weight excluding hydrogens is 260 g/mol. The number of rotatable bonds is 3. The molecule has 0 radical (unpaired) electrons. The summed E-state index contributed by atoms with van der Waals surface area (Å²) >= 11 is 0. The van der Waals surface area contributed by atoms with Crippen molar-refractivity contribution in [3.63, 3.8) is 0 Å². The zero-order valence-corrected chi connectivity index (χ0v) is 12.3. The Kier molecular flexibility index (Phi) is 4.02. The van der Waals surface area contributed by atoms with Crippen molar-refractivity contribution in [2.24, 2.45) is 0 Å². The fourth-order valence-electron chi connectivity index (χ4n) is 2.65. The van der Waals surface area contributed by atoms with Gasteiger partial charge in [0.15, 0.2) is 0 Å². The summed E-state index contributed by atoms with van der Waals surface area (Å²) in [4.78, 5) is 12.3. The molecule has 0 spiro atoms. The van der Waals surface area contributed by atoms with Gasteiger partial charge in [-0.3, -0.25) is 4.79 Å². The molecular formula is C18H20N2O. The van der Waals surface area contributed by atoms with E-state index in [4.69, 9.17) is 0 Å². The molecule has 2 N–H and O–H groups in total. The Morgan fingerprint density at radius 1 is 1.14 bits per heavy atom. The van der Waals surface area contributed by atoms with E-state index in [1.807, 2.05) is 30.3 Å². The van der Waals surface area contributed by atoms with E-state index in [1.165, 1.54) is 16.7 Å². The zero-order valence-electron chi connectivity index (χ0n) is 12.3. The Balaban J connectivity index is 1.74. The second-order valence-electron chi connectivity index (χ2n) is 5.41. The van der Waals surface area contributed by atoms with Crippen molar-refractivity contribution in [3.05, 3.63) is 64.7 Å². The minimum Gasteiger partial charge on any atom is -0.322 e. The average Bonchev–Trinajstić information content (AvgIpc) is 2.55. The first-order valence-electron chi connectivity index (χ1n) is 7.49. The maximum absolute atomic E-state index is 12.3. The van der Waals surface area contributed by atoms with Gasteiger partial charge in [-0.15, -0.1) is 0 Å². The highest BCUT2D eigenvalue weighted by Crippen LogP contribution is 2.19. The van der Waals surface area contributed by atoms with Gasteiger partial charge < -0.3 is 10.6 Å². The first kappa shape index (κ1) is 13.8. The molecule has 108 valence electrons. The number of aryl methyl sites for hydroxylation is 1. The third kappa shape index (κ3) is 3.14. The molecule has 3 heteroatoms. The number of fused-ring (bicyclic) bond motifs is 1. The molecule has 1 amide bonds. The second-order valence-corrected chi connectivity index (χ2v) is 5.41. The number of hydrogen-bond donors (Lipinski definition) is 2. The van der Waals surface area contributed by atoms with Gasteiger partial charge in [-0.2, -0.15) is 0 Å². The topological polar surface area (TPSA) is 41.1 Å². The van der Waals surface area contributed by atoms with Gasteiger partial charge in [0, 0.05) is 17.8 Å². The molecule has 0 saturated heterocycles. The highest BCUT2D eigenvalue weighted by molar-refractivity contribution is 6.04. The molecule has 3 nitrogen and oxygen atoms in total. The van der Waals surface area contributed by atoms with Crippen LogP contribution in [0.4, 0.5) is 5.69 Å². The van der Waals surface area contributed by atoms with E-state index >= 15 is 0 Å². The number of amides is 1. The molecule has 0 unspecified atom stereocenters. The van der Waals surface area contributed by atoms with Gasteiger partial charge in [-0.25, -0.2) is 0 Å². The maximum atomic E-state index is 12.3. The largest absolute Gasteiger partial charge is 0.322 e. The van der Waals surface area contributed by atoms with Crippen LogP contribution >= 0.6 is 0 Å². The van der Waals surface area contributed by atoms with Crippen molar-refractivity contribution >= 4 is 11.6 Å². The SMILES string of the molecule is CCc1ccc(C(=O)Nc2ccc3c(c2)CNCC3)cc1. The molecule has 0 bridgehead atoms. The van der Waals surface area contributed by atoms with Crippen LogP contribution in [-0.4, -0.2) is 12.5 Å². The molecule has 1 heterocycles. The fraction of sp³-hybridized carbons (Fsp3) is 0.278. The Morgan fingerprint density at radius 3 is 2.71 bits per heavy atom. The van der Waals surface area contributed by atoms with Gasteiger partial charge in [0.25, 0.3) is 5.91 Å². The molecule has 2 aromatic rings. The summed E-state index contributed by atoms with van der Waals surface area (Å²) in [5.74, 6) is -0.0543. The maximum Gasteiger partial charge on any atom is 0.255 e. The van der Waals surface area contributed by atoms with E-state index in [1.54, 1.807) is 0 Å². The lowest BCUT2D eigenvalue weighted by atomic mass is 10.0. The molecule has 0 atom stereocenters. The van der Waals surface area contributed by atoms with Crippen LogP contribution in [-0.2, 0) is 19.4 Å². The Hall–Kier alpha value is -2.13. The lowest BCUT2D eigenvalue weighted by molar-refractivity contribution is 0.102. The molecule has 1 aliphatic heterocycles. The van der Waals surface area contributed by atoms with Gasteiger partial charge in [-0.1, -0.05) is 25.1 Å². The standard InChI is InChI=1S/C18H20N2O/c1-2-13-3-5-15(6-4-13)18(21)20-17-8-7-14-9-10-19-12-16(14)11-17/h3-8,11,19H,2,9-10,12H2,1H3,(H,20,21). The third-order valence-electron chi connectivity index (χ3n) is 3.98. The minimum atomic E-state index is -0.0543. The average molecular weight is 280 g/mol. The lowest BCUT2D eigenvalue weighted by Gasteiger charge is -2.18. The van der Waals surface area contributed by atoms with E-state index in [2.05, 4.69) is 29.7 Å². The Bertz CT molecular complexity index is 647. The van der Waals surface area contributed by atoms with Gasteiger partial charge in [0.05, 0.1) is 0 Å². The van der Waals surface area contributed by atoms with Crippen LogP contribution in [0.1, 0.15) is 34.0 Å². The lowest BCUT2D eigenvalue weighted by Crippen LogP contribution is -2.23. The predicted molar refractivity (Wildman–Crippen MR) is 85.6 cm³/mol. The molecule has 0 aliphatic carbocycles. The van der Waals surface area contributed by atoms with Crippen molar-refractivity contribution in [2.75, 3.05) is 11.9 Å².